The minimum atomic E-state index is 0. The Kier molecular flexibility index (Phi) is 8.23. The Bertz CT molecular complexity index is 511. The Labute approximate surface area is 143 Å². The summed E-state index contributed by atoms with van der Waals surface area (Å²) in [6.45, 7) is 4.28. The average molecular weight is 341 g/mol. The third kappa shape index (κ3) is 5.61. The van der Waals surface area contributed by atoms with Gasteiger partial charge in [0, 0.05) is 30.8 Å². The van der Waals surface area contributed by atoms with Gasteiger partial charge in [-0.15, -0.1) is 12.4 Å². The zero-order chi connectivity index (χ0) is 15.9. The number of halogens is 1. The second-order valence-electron chi connectivity index (χ2n) is 5.64. The molecule has 1 amide bonds. The Morgan fingerprint density at radius 1 is 1.17 bits per heavy atom. The van der Waals surface area contributed by atoms with Gasteiger partial charge in [-0.2, -0.15) is 0 Å². The van der Waals surface area contributed by atoms with Crippen LogP contribution in [0.5, 0.6) is 0 Å². The van der Waals surface area contributed by atoms with E-state index >= 15 is 0 Å². The largest absolute Gasteiger partial charge is 0.378 e. The molecule has 0 atom stereocenters. The Balaban J connectivity index is 0.00000264. The van der Waals surface area contributed by atoms with Crippen LogP contribution in [0.1, 0.15) is 46.9 Å². The van der Waals surface area contributed by atoms with Crippen molar-refractivity contribution in [2.75, 3.05) is 26.2 Å². The first-order valence-electron chi connectivity index (χ1n) is 7.83. The second kappa shape index (κ2) is 9.65. The van der Waals surface area contributed by atoms with Crippen molar-refractivity contribution in [3.63, 3.8) is 0 Å². The molecule has 0 aliphatic carbocycles. The molecule has 1 fully saturated rings. The predicted octanol–water partition coefficient (Wildman–Crippen LogP) is 2.28. The molecule has 0 aromatic heterocycles. The van der Waals surface area contributed by atoms with Gasteiger partial charge in [-0.25, -0.2) is 0 Å². The summed E-state index contributed by atoms with van der Waals surface area (Å²) in [6, 6.07) is 6.86. The van der Waals surface area contributed by atoms with E-state index in [4.69, 9.17) is 10.5 Å². The van der Waals surface area contributed by atoms with Crippen LogP contribution in [-0.2, 0) is 4.74 Å². The van der Waals surface area contributed by atoms with Gasteiger partial charge >= 0.3 is 0 Å². The summed E-state index contributed by atoms with van der Waals surface area (Å²) in [5.41, 5.74) is 6.71. The minimum absolute atomic E-state index is 0. The van der Waals surface area contributed by atoms with Crippen molar-refractivity contribution in [1.82, 2.24) is 4.90 Å². The summed E-state index contributed by atoms with van der Waals surface area (Å²) in [7, 11) is 0. The molecular weight excluding hydrogens is 316 g/mol. The van der Waals surface area contributed by atoms with Crippen molar-refractivity contribution >= 4 is 24.1 Å². The molecule has 23 heavy (non-hydrogen) atoms. The van der Waals surface area contributed by atoms with Gasteiger partial charge < -0.3 is 15.4 Å². The molecule has 0 bridgehead atoms. The summed E-state index contributed by atoms with van der Waals surface area (Å²) in [4.78, 5) is 25.5. The van der Waals surface area contributed by atoms with E-state index in [1.165, 1.54) is 6.92 Å². The van der Waals surface area contributed by atoms with Gasteiger partial charge in [0.2, 0.25) is 0 Å². The van der Waals surface area contributed by atoms with E-state index in [2.05, 4.69) is 0 Å². The Morgan fingerprint density at radius 2 is 1.74 bits per heavy atom. The van der Waals surface area contributed by atoms with Crippen LogP contribution in [-0.4, -0.2) is 48.9 Å². The summed E-state index contributed by atoms with van der Waals surface area (Å²) in [6.07, 6.45) is 2.83. The van der Waals surface area contributed by atoms with E-state index in [1.807, 2.05) is 4.90 Å². The normalized spacial score (nSPS) is 15.1. The maximum Gasteiger partial charge on any atom is 0.253 e. The van der Waals surface area contributed by atoms with Crippen molar-refractivity contribution in [3.05, 3.63) is 35.4 Å². The quantitative estimate of drug-likeness (QED) is 0.637. The topological polar surface area (TPSA) is 72.6 Å². The maximum absolute atomic E-state index is 12.4. The number of Topliss-reactive ketones (excluding diaryl/α,β-unsaturated/α-hetero) is 1. The molecule has 1 heterocycles. The maximum atomic E-state index is 12.4. The lowest BCUT2D eigenvalue weighted by Gasteiger charge is -2.32. The zero-order valence-electron chi connectivity index (χ0n) is 13.5. The highest BCUT2D eigenvalue weighted by Gasteiger charge is 2.23. The van der Waals surface area contributed by atoms with E-state index in [0.717, 1.165) is 19.3 Å². The summed E-state index contributed by atoms with van der Waals surface area (Å²) in [5.74, 6) is 0.0324. The van der Waals surface area contributed by atoms with E-state index < -0.39 is 0 Å². The van der Waals surface area contributed by atoms with Crippen LogP contribution in [0.3, 0.4) is 0 Å². The molecule has 0 spiro atoms. The van der Waals surface area contributed by atoms with Crippen LogP contribution in [0.2, 0.25) is 0 Å². The number of nitrogens with zero attached hydrogens (tertiary/aromatic N) is 1. The number of hydrogen-bond donors (Lipinski definition) is 1. The van der Waals surface area contributed by atoms with Crippen LogP contribution in [0.4, 0.5) is 0 Å². The Morgan fingerprint density at radius 3 is 2.26 bits per heavy atom. The number of benzene rings is 1. The number of hydrogen-bond acceptors (Lipinski definition) is 4. The number of nitrogens with two attached hydrogens (primary N) is 1. The fraction of sp³-hybridized carbons (Fsp3) is 0.529. The highest BCUT2D eigenvalue weighted by Crippen LogP contribution is 2.17. The van der Waals surface area contributed by atoms with Gasteiger partial charge in [0.15, 0.2) is 5.78 Å². The fourth-order valence-electron chi connectivity index (χ4n) is 2.59. The number of piperidine rings is 1. The summed E-state index contributed by atoms with van der Waals surface area (Å²) < 4.78 is 5.74. The molecule has 1 saturated heterocycles. The predicted molar refractivity (Wildman–Crippen MR) is 92.2 cm³/mol. The van der Waals surface area contributed by atoms with Gasteiger partial charge in [-0.05, 0) is 44.9 Å². The number of rotatable bonds is 6. The number of carbonyl (C=O) groups is 2. The minimum Gasteiger partial charge on any atom is -0.378 e. The molecule has 128 valence electrons. The van der Waals surface area contributed by atoms with Crippen LogP contribution in [0.25, 0.3) is 0 Å². The fourth-order valence-corrected chi connectivity index (χ4v) is 2.59. The standard InChI is InChI=1S/C17H24N2O3.ClH/c1-13(20)14-3-5-15(6-4-14)17(21)19-10-7-16(8-11-19)22-12-2-9-18;/h3-6,16H,2,7-12,18H2,1H3;1H. The Hall–Kier alpha value is -1.43. The van der Waals surface area contributed by atoms with E-state index in [1.54, 1.807) is 24.3 Å². The molecule has 1 aromatic carbocycles. The lowest BCUT2D eigenvalue weighted by atomic mass is 10.0. The lowest BCUT2D eigenvalue weighted by molar-refractivity contribution is 0.00844. The van der Waals surface area contributed by atoms with Crippen molar-refractivity contribution in [2.45, 2.75) is 32.3 Å². The third-order valence-electron chi connectivity index (χ3n) is 3.97. The molecule has 0 radical (unpaired) electrons. The molecule has 6 heteroatoms. The molecule has 2 N–H and O–H groups in total. The molecular formula is C17H25ClN2O3. The van der Waals surface area contributed by atoms with E-state index in [-0.39, 0.29) is 30.2 Å². The van der Waals surface area contributed by atoms with Gasteiger partial charge in [-0.1, -0.05) is 12.1 Å². The van der Waals surface area contributed by atoms with Crippen molar-refractivity contribution in [3.8, 4) is 0 Å². The molecule has 1 aliphatic rings. The average Bonchev–Trinajstić information content (AvgIpc) is 2.55. The molecule has 1 aromatic rings. The third-order valence-corrected chi connectivity index (χ3v) is 3.97. The van der Waals surface area contributed by atoms with Crippen LogP contribution < -0.4 is 5.73 Å². The number of carbonyl (C=O) groups excluding carboxylic acids is 2. The van der Waals surface area contributed by atoms with Crippen molar-refractivity contribution < 1.29 is 14.3 Å². The first kappa shape index (κ1) is 19.6. The van der Waals surface area contributed by atoms with E-state index in [0.29, 0.717) is 37.4 Å². The highest BCUT2D eigenvalue weighted by atomic mass is 35.5. The van der Waals surface area contributed by atoms with Gasteiger partial charge in [0.25, 0.3) is 5.91 Å². The smallest absolute Gasteiger partial charge is 0.253 e. The van der Waals surface area contributed by atoms with Crippen LogP contribution in [0, 0.1) is 0 Å². The van der Waals surface area contributed by atoms with Crippen molar-refractivity contribution in [2.24, 2.45) is 5.73 Å². The number of amides is 1. The van der Waals surface area contributed by atoms with E-state index in [9.17, 15) is 9.59 Å². The zero-order valence-corrected chi connectivity index (χ0v) is 14.3. The monoisotopic (exact) mass is 340 g/mol. The SMILES string of the molecule is CC(=O)c1ccc(C(=O)N2CCC(OCCCN)CC2)cc1.Cl. The number of ketones is 1. The molecule has 5 nitrogen and oxygen atoms in total. The van der Waals surface area contributed by atoms with Gasteiger partial charge in [0.05, 0.1) is 6.10 Å². The summed E-state index contributed by atoms with van der Waals surface area (Å²) >= 11 is 0. The van der Waals surface area contributed by atoms with Crippen molar-refractivity contribution in [1.29, 1.82) is 0 Å². The van der Waals surface area contributed by atoms with Gasteiger partial charge in [0.1, 0.15) is 0 Å². The molecule has 2 rings (SSSR count). The van der Waals surface area contributed by atoms with Gasteiger partial charge in [-0.3, -0.25) is 9.59 Å². The second-order valence-corrected chi connectivity index (χ2v) is 5.64. The first-order chi connectivity index (χ1) is 10.6. The number of ether oxygens (including phenoxy) is 1. The molecule has 0 unspecified atom stereocenters. The summed E-state index contributed by atoms with van der Waals surface area (Å²) in [5, 5.41) is 0. The first-order valence-corrected chi connectivity index (χ1v) is 7.83. The molecule has 0 saturated carbocycles. The number of likely N-dealkylation sites (tertiary alicyclic amines) is 1. The lowest BCUT2D eigenvalue weighted by Crippen LogP contribution is -2.41. The van der Waals surface area contributed by atoms with Crippen LogP contribution in [0.15, 0.2) is 24.3 Å². The van der Waals surface area contributed by atoms with Crippen LogP contribution >= 0.6 is 12.4 Å². The highest BCUT2D eigenvalue weighted by molar-refractivity contribution is 5.97. The molecule has 1 aliphatic heterocycles.